The zero-order chi connectivity index (χ0) is 39.1. The third-order valence-corrected chi connectivity index (χ3v) is 9.91. The fourth-order valence-corrected chi connectivity index (χ4v) is 7.27. The Labute approximate surface area is 378 Å². The van der Waals surface area contributed by atoms with E-state index in [1.165, 1.54) is 0 Å². The Bertz CT molecular complexity index is 2980. The molecule has 0 atom stereocenters. The first kappa shape index (κ1) is 39.5. The summed E-state index contributed by atoms with van der Waals surface area (Å²) in [7, 11) is 0. The molecule has 1 aliphatic heterocycles. The van der Waals surface area contributed by atoms with Crippen molar-refractivity contribution in [2.24, 2.45) is 0 Å². The van der Waals surface area contributed by atoms with E-state index in [4.69, 9.17) is 24.2 Å². The van der Waals surface area contributed by atoms with E-state index < -0.39 is 0 Å². The first-order chi connectivity index (χ1) is 29.2. The molecule has 0 N–H and O–H groups in total. The molecule has 296 valence electrons. The van der Waals surface area contributed by atoms with Crippen LogP contribution in [0.1, 0.15) is 0 Å². The van der Waals surface area contributed by atoms with E-state index in [1.807, 2.05) is 163 Å². The van der Waals surface area contributed by atoms with Crippen LogP contribution in [-0.4, -0.2) is 24.5 Å². The summed E-state index contributed by atoms with van der Waals surface area (Å²) in [6.45, 7) is 0. The molecule has 0 spiro atoms. The molecule has 10 aromatic rings. The second kappa shape index (κ2) is 16.9. The Kier molecular flexibility index (Phi) is 11.0. The molecule has 4 aromatic heterocycles. The van der Waals surface area contributed by atoms with Crippen molar-refractivity contribution in [2.75, 3.05) is 4.90 Å². The molecule has 0 unspecified atom stereocenters. The van der Waals surface area contributed by atoms with Gasteiger partial charge in [-0.1, -0.05) is 71.7 Å². The van der Waals surface area contributed by atoms with Crippen LogP contribution in [0.2, 0.25) is 0 Å². The van der Waals surface area contributed by atoms with Crippen LogP contribution < -0.4 is 19.1 Å². The maximum atomic E-state index is 6.40. The van der Waals surface area contributed by atoms with E-state index in [0.717, 1.165) is 61.8 Å². The van der Waals surface area contributed by atoms with Crippen molar-refractivity contribution in [3.63, 3.8) is 0 Å². The average molecular weight is 974 g/mol. The molecule has 0 bridgehead atoms. The molecule has 0 aliphatic carbocycles. The average Bonchev–Trinajstić information content (AvgIpc) is 3.61. The second-order valence-corrected chi connectivity index (χ2v) is 13.6. The van der Waals surface area contributed by atoms with Gasteiger partial charge in [-0.05, 0) is 47.8 Å². The number of hydrogen-bond donors (Lipinski definition) is 0. The molecule has 6 aromatic carbocycles. The number of rotatable bonds is 8. The van der Waals surface area contributed by atoms with Crippen LogP contribution in [-0.2, 0) is 40.8 Å². The van der Waals surface area contributed by atoms with E-state index in [0.29, 0.717) is 40.0 Å². The minimum absolute atomic E-state index is 0. The zero-order valence-corrected chi connectivity index (χ0v) is 34.8. The molecule has 9 nitrogen and oxygen atoms in total. The molecule has 11 heteroatoms. The molecule has 5 heterocycles. The largest absolute Gasteiger partial charge is 2.00 e. The second-order valence-electron chi connectivity index (χ2n) is 13.6. The number of aromatic nitrogens is 5. The van der Waals surface area contributed by atoms with E-state index in [9.17, 15) is 0 Å². The van der Waals surface area contributed by atoms with Crippen molar-refractivity contribution in [3.05, 3.63) is 195 Å². The predicted octanol–water partition coefficient (Wildman–Crippen LogP) is 12.1. The third kappa shape index (κ3) is 7.57. The van der Waals surface area contributed by atoms with Crippen molar-refractivity contribution in [1.29, 1.82) is 0 Å². The Balaban J connectivity index is 0.00000238. The molecule has 61 heavy (non-hydrogen) atoms. The Morgan fingerprint density at radius 3 is 1.41 bits per heavy atom. The number of benzene rings is 6. The van der Waals surface area contributed by atoms with Gasteiger partial charge in [0.2, 0.25) is 5.95 Å². The normalized spacial score (nSPS) is 11.4. The maximum absolute atomic E-state index is 6.40. The zero-order valence-electron chi connectivity index (χ0n) is 31.7. The molecule has 0 saturated carbocycles. The first-order valence-electron chi connectivity index (χ1n) is 18.9. The number of hydrogen-bond acceptors (Lipinski definition) is 8. The van der Waals surface area contributed by atoms with Gasteiger partial charge >= 0.3 is 40.8 Å². The number of anilines is 3. The van der Waals surface area contributed by atoms with Crippen LogP contribution in [0.15, 0.2) is 170 Å². The summed E-state index contributed by atoms with van der Waals surface area (Å²) in [4.78, 5) is 21.0. The summed E-state index contributed by atoms with van der Waals surface area (Å²) in [5, 5.41) is 1.82. The Hall–Kier alpha value is -6.98. The van der Waals surface area contributed by atoms with Crippen molar-refractivity contribution < 1.29 is 55.1 Å². The minimum atomic E-state index is 0. The molecule has 11 rings (SSSR count). The minimum Gasteiger partial charge on any atom is -0.503 e. The molecule has 0 amide bonds. The Morgan fingerprint density at radius 1 is 0.443 bits per heavy atom. The van der Waals surface area contributed by atoms with Gasteiger partial charge in [0.15, 0.2) is 11.5 Å². The van der Waals surface area contributed by atoms with Crippen LogP contribution in [0.25, 0.3) is 50.3 Å². The SMILES string of the molecule is [Pd+2].[Pd+2].[c-]1c(Oc2[c-]c3c(cc2)c2ccc(Oc4[c-]c(-c5ccccn5)ccc4)[c-]c2n3-c2ncc(N3c4ccccc4Oc4ccccc43)cn2)cccc1-c1ccccn1. The maximum Gasteiger partial charge on any atom is 2.00 e. The molecular weight excluding hydrogens is 945 g/mol. The van der Waals surface area contributed by atoms with Gasteiger partial charge in [-0.3, -0.25) is 0 Å². The predicted molar refractivity (Wildman–Crippen MR) is 226 cm³/mol. The van der Waals surface area contributed by atoms with E-state index in [1.54, 1.807) is 12.4 Å². The summed E-state index contributed by atoms with van der Waals surface area (Å²) in [5.74, 6) is 3.95. The van der Waals surface area contributed by atoms with Gasteiger partial charge in [-0.2, -0.15) is 22.9 Å². The molecule has 0 saturated heterocycles. The van der Waals surface area contributed by atoms with E-state index in [-0.39, 0.29) is 40.8 Å². The smallest absolute Gasteiger partial charge is 0.503 e. The fourth-order valence-electron chi connectivity index (χ4n) is 7.27. The number of ether oxygens (including phenoxy) is 3. The Morgan fingerprint density at radius 2 is 0.918 bits per heavy atom. The van der Waals surface area contributed by atoms with Gasteiger partial charge in [0, 0.05) is 35.4 Å². The van der Waals surface area contributed by atoms with E-state index in [2.05, 4.69) is 39.1 Å². The van der Waals surface area contributed by atoms with Crippen molar-refractivity contribution in [3.8, 4) is 63.0 Å². The number of nitrogens with zero attached hydrogens (tertiary/aromatic N) is 6. The van der Waals surface area contributed by atoms with Crippen LogP contribution in [0, 0.1) is 24.3 Å². The van der Waals surface area contributed by atoms with E-state index >= 15 is 0 Å². The summed E-state index contributed by atoms with van der Waals surface area (Å²) >= 11 is 0. The van der Waals surface area contributed by atoms with Crippen LogP contribution in [0.3, 0.4) is 0 Å². The molecule has 0 radical (unpaired) electrons. The van der Waals surface area contributed by atoms with Crippen molar-refractivity contribution in [2.45, 2.75) is 0 Å². The first-order valence-corrected chi connectivity index (χ1v) is 18.9. The van der Waals surface area contributed by atoms with Crippen LogP contribution >= 0.6 is 0 Å². The topological polar surface area (TPSA) is 87.4 Å². The summed E-state index contributed by atoms with van der Waals surface area (Å²) in [5.41, 5.74) is 7.19. The number of fused-ring (bicyclic) bond motifs is 5. The molecule has 1 aliphatic rings. The van der Waals surface area contributed by atoms with Gasteiger partial charge in [0.1, 0.15) is 0 Å². The standard InChI is InChI=1S/C50H28N6O3.2Pd/c1-3-19-48-44(17-1)55(45-18-2-4-20-49(45)59-48)35-31-53-50(54-32-35)56-46-29-38(57-36-13-9-11-33(27-36)42-15-5-7-25-51-42)21-23-40(46)41-24-22-39(30-47(41)56)58-37-14-10-12-34(28-37)43-16-6-8-26-52-43;;/h1-26,31-32H;;/q-4;2*+2. The van der Waals surface area contributed by atoms with Gasteiger partial charge in [-0.25, -0.2) is 9.97 Å². The number of pyridine rings is 2. The number of para-hydroxylation sites is 4. The van der Waals surface area contributed by atoms with Gasteiger partial charge in [0.25, 0.3) is 0 Å². The van der Waals surface area contributed by atoms with Crippen LogP contribution in [0.4, 0.5) is 17.1 Å². The molecular formula is C50H28N6O3Pd2. The third-order valence-electron chi connectivity index (χ3n) is 9.91. The summed E-state index contributed by atoms with van der Waals surface area (Å²) < 4.78 is 21.0. The monoisotopic (exact) mass is 972 g/mol. The fraction of sp³-hybridized carbons (Fsp3) is 0. The van der Waals surface area contributed by atoms with Gasteiger partial charge in [0.05, 0.1) is 29.5 Å². The molecule has 0 fully saturated rings. The van der Waals surface area contributed by atoms with Gasteiger partial charge < -0.3 is 33.6 Å². The van der Waals surface area contributed by atoms with Gasteiger partial charge in [-0.15, -0.1) is 71.8 Å². The summed E-state index contributed by atoms with van der Waals surface area (Å²) in [6, 6.07) is 60.4. The van der Waals surface area contributed by atoms with Crippen molar-refractivity contribution in [1.82, 2.24) is 24.5 Å². The van der Waals surface area contributed by atoms with Crippen LogP contribution in [0.5, 0.6) is 34.5 Å². The summed E-state index contributed by atoms with van der Waals surface area (Å²) in [6.07, 6.45) is 7.15. The quantitative estimate of drug-likeness (QED) is 0.110. The van der Waals surface area contributed by atoms with Crippen molar-refractivity contribution >= 4 is 38.9 Å².